The monoisotopic (exact) mass is 395 g/mol. The third-order valence-electron chi connectivity index (χ3n) is 4.51. The molecule has 2 amide bonds. The summed E-state index contributed by atoms with van der Waals surface area (Å²) in [6, 6.07) is 11.5. The van der Waals surface area contributed by atoms with Gasteiger partial charge in [0.05, 0.1) is 12.6 Å². The van der Waals surface area contributed by atoms with Crippen molar-refractivity contribution in [2.45, 2.75) is 25.6 Å². The van der Waals surface area contributed by atoms with E-state index in [0.29, 0.717) is 17.8 Å². The minimum Gasteiger partial charge on any atom is -0.481 e. The summed E-state index contributed by atoms with van der Waals surface area (Å²) < 4.78 is 0. The van der Waals surface area contributed by atoms with Gasteiger partial charge in [0.2, 0.25) is 5.91 Å². The Morgan fingerprint density at radius 1 is 1.24 bits per heavy atom. The van der Waals surface area contributed by atoms with Gasteiger partial charge in [-0.3, -0.25) is 14.4 Å². The van der Waals surface area contributed by atoms with Crippen LogP contribution < -0.4 is 21.8 Å². The maximum absolute atomic E-state index is 12.5. The summed E-state index contributed by atoms with van der Waals surface area (Å²) in [6.07, 6.45) is 1.18. The summed E-state index contributed by atoms with van der Waals surface area (Å²) in [5, 5.41) is 20.9. The normalized spacial score (nSPS) is 15.7. The molecule has 1 aliphatic heterocycles. The largest absolute Gasteiger partial charge is 0.481 e. The van der Waals surface area contributed by atoms with Gasteiger partial charge in [0.25, 0.3) is 5.91 Å². The Balaban J connectivity index is 1.69. The first kappa shape index (κ1) is 19.9. The molecule has 0 radical (unpaired) electrons. The average Bonchev–Trinajstić information content (AvgIpc) is 2.85. The number of benzene rings is 2. The first-order valence-electron chi connectivity index (χ1n) is 8.95. The fraction of sp³-hybridized carbons (Fsp3) is 0.200. The van der Waals surface area contributed by atoms with Crippen molar-refractivity contribution in [2.24, 2.45) is 10.9 Å². The molecule has 1 atom stereocenters. The Hall–Kier alpha value is -3.88. The van der Waals surface area contributed by atoms with Crippen LogP contribution in [-0.2, 0) is 22.7 Å². The van der Waals surface area contributed by atoms with Crippen LogP contribution in [0, 0.1) is 0 Å². The van der Waals surface area contributed by atoms with E-state index in [9.17, 15) is 14.4 Å². The molecule has 150 valence electrons. The number of nitrogens with two attached hydrogens (primary N) is 1. The Morgan fingerprint density at radius 2 is 2.00 bits per heavy atom. The quantitative estimate of drug-likeness (QED) is 0.278. The van der Waals surface area contributed by atoms with Crippen LogP contribution >= 0.6 is 0 Å². The number of nitrogens with one attached hydrogen (secondary N) is 3. The van der Waals surface area contributed by atoms with Crippen molar-refractivity contribution in [3.8, 4) is 0 Å². The summed E-state index contributed by atoms with van der Waals surface area (Å²) in [7, 11) is 0. The molecule has 3 rings (SSSR count). The first-order valence-corrected chi connectivity index (χ1v) is 8.95. The van der Waals surface area contributed by atoms with Crippen LogP contribution in [0.1, 0.15) is 33.5 Å². The van der Waals surface area contributed by atoms with Crippen molar-refractivity contribution in [1.29, 1.82) is 0 Å². The molecule has 0 aliphatic carbocycles. The number of carboxylic acid groups (broad SMARTS) is 1. The molecule has 9 nitrogen and oxygen atoms in total. The van der Waals surface area contributed by atoms with Crippen molar-refractivity contribution < 1.29 is 19.5 Å². The van der Waals surface area contributed by atoms with Gasteiger partial charge in [0.1, 0.15) is 6.04 Å². The Morgan fingerprint density at radius 3 is 2.69 bits per heavy atom. The van der Waals surface area contributed by atoms with Crippen LogP contribution in [0.3, 0.4) is 0 Å². The molecule has 0 saturated carbocycles. The molecule has 6 N–H and O–H groups in total. The number of hydrogen-bond donors (Lipinski definition) is 5. The fourth-order valence-corrected chi connectivity index (χ4v) is 2.98. The maximum atomic E-state index is 12.5. The van der Waals surface area contributed by atoms with Crippen molar-refractivity contribution in [3.05, 3.63) is 64.7 Å². The highest BCUT2D eigenvalue weighted by molar-refractivity contribution is 5.96. The van der Waals surface area contributed by atoms with Crippen LogP contribution in [0.4, 0.5) is 5.69 Å². The summed E-state index contributed by atoms with van der Waals surface area (Å²) >= 11 is 0. The molecule has 1 unspecified atom stereocenters. The summed E-state index contributed by atoms with van der Waals surface area (Å²) in [4.78, 5) is 35.6. The minimum atomic E-state index is -1.08. The number of carbonyl (C=O) groups is 3. The molecule has 29 heavy (non-hydrogen) atoms. The molecule has 0 spiro atoms. The van der Waals surface area contributed by atoms with Crippen LogP contribution in [0.5, 0.6) is 0 Å². The van der Waals surface area contributed by atoms with Gasteiger partial charge in [0, 0.05) is 24.3 Å². The smallest absolute Gasteiger partial charge is 0.305 e. The Kier molecular flexibility index (Phi) is 6.08. The lowest BCUT2D eigenvalue weighted by Crippen LogP contribution is -2.38. The van der Waals surface area contributed by atoms with E-state index in [1.165, 1.54) is 6.21 Å². The van der Waals surface area contributed by atoms with Crippen LogP contribution in [0.25, 0.3) is 0 Å². The predicted molar refractivity (Wildman–Crippen MR) is 107 cm³/mol. The van der Waals surface area contributed by atoms with E-state index in [-0.39, 0.29) is 18.9 Å². The molecule has 1 aliphatic rings. The molecule has 1 heterocycles. The molecule has 2 aromatic rings. The molecule has 0 saturated heterocycles. The highest BCUT2D eigenvalue weighted by Gasteiger charge is 2.25. The lowest BCUT2D eigenvalue weighted by Gasteiger charge is -2.15. The minimum absolute atomic E-state index is 0.262. The first-order chi connectivity index (χ1) is 14.0. The van der Waals surface area contributed by atoms with E-state index in [4.69, 9.17) is 10.9 Å². The van der Waals surface area contributed by atoms with Gasteiger partial charge in [-0.2, -0.15) is 5.10 Å². The van der Waals surface area contributed by atoms with Gasteiger partial charge in [-0.25, -0.2) is 0 Å². The second-order valence-corrected chi connectivity index (χ2v) is 6.59. The average molecular weight is 395 g/mol. The topological polar surface area (TPSA) is 146 Å². The van der Waals surface area contributed by atoms with E-state index in [2.05, 4.69) is 21.1 Å². The van der Waals surface area contributed by atoms with E-state index >= 15 is 0 Å². The lowest BCUT2D eigenvalue weighted by atomic mass is 10.1. The zero-order valence-corrected chi connectivity index (χ0v) is 15.5. The van der Waals surface area contributed by atoms with Gasteiger partial charge >= 0.3 is 5.97 Å². The number of aliphatic carboxylic acids is 1. The van der Waals surface area contributed by atoms with Crippen LogP contribution in [0.2, 0.25) is 0 Å². The number of nitrogens with zero attached hydrogens (tertiary/aromatic N) is 1. The number of hydrazone groups is 1. The number of fused-ring (bicyclic) bond motifs is 1. The zero-order valence-electron chi connectivity index (χ0n) is 15.5. The molecular formula is C20H21N5O4. The predicted octanol–water partition coefficient (Wildman–Crippen LogP) is 0.794. The standard InChI is InChI=1S/C20H21N5O4/c21-24-10-13-3-1-12(2-4-13)9-22-19(28)14-5-6-15-11-23-20(29)17(8-18(26)27)25-16(15)7-14/h1-7,10,17,25H,8-9,11,21H2,(H,22,28)(H,23,29)(H,26,27). The molecule has 0 aromatic heterocycles. The van der Waals surface area contributed by atoms with Crippen molar-refractivity contribution in [1.82, 2.24) is 10.6 Å². The van der Waals surface area contributed by atoms with E-state index in [1.807, 2.05) is 24.3 Å². The maximum Gasteiger partial charge on any atom is 0.305 e. The summed E-state index contributed by atoms with van der Waals surface area (Å²) in [5.41, 5.74) is 3.52. The zero-order chi connectivity index (χ0) is 20.8. The second kappa shape index (κ2) is 8.87. The third-order valence-corrected chi connectivity index (χ3v) is 4.51. The van der Waals surface area contributed by atoms with Crippen LogP contribution in [0.15, 0.2) is 47.6 Å². The highest BCUT2D eigenvalue weighted by atomic mass is 16.4. The van der Waals surface area contributed by atoms with Gasteiger partial charge in [-0.05, 0) is 28.8 Å². The number of hydrogen-bond acceptors (Lipinski definition) is 6. The number of carboxylic acids is 1. The molecular weight excluding hydrogens is 374 g/mol. The molecule has 0 fully saturated rings. The van der Waals surface area contributed by atoms with Gasteiger partial charge < -0.3 is 26.9 Å². The summed E-state index contributed by atoms with van der Waals surface area (Å²) in [6.45, 7) is 0.600. The molecule has 9 heteroatoms. The third kappa shape index (κ3) is 5.10. The fourth-order valence-electron chi connectivity index (χ4n) is 2.98. The van der Waals surface area contributed by atoms with E-state index in [1.54, 1.807) is 18.2 Å². The van der Waals surface area contributed by atoms with Crippen molar-refractivity contribution in [2.75, 3.05) is 5.32 Å². The van der Waals surface area contributed by atoms with Gasteiger partial charge in [-0.15, -0.1) is 0 Å². The van der Waals surface area contributed by atoms with Crippen molar-refractivity contribution in [3.63, 3.8) is 0 Å². The number of carbonyl (C=O) groups excluding carboxylic acids is 2. The van der Waals surface area contributed by atoms with Crippen LogP contribution in [-0.4, -0.2) is 35.1 Å². The number of amides is 2. The van der Waals surface area contributed by atoms with E-state index in [0.717, 1.165) is 16.7 Å². The van der Waals surface area contributed by atoms with E-state index < -0.39 is 17.9 Å². The van der Waals surface area contributed by atoms with Crippen molar-refractivity contribution >= 4 is 29.7 Å². The molecule has 2 aromatic carbocycles. The van der Waals surface area contributed by atoms with Gasteiger partial charge in [-0.1, -0.05) is 30.3 Å². The lowest BCUT2D eigenvalue weighted by molar-refractivity contribution is -0.139. The SMILES string of the molecule is NN=Cc1ccc(CNC(=O)c2ccc3c(c2)NC(CC(=O)O)C(=O)NC3)cc1. The number of anilines is 1. The second-order valence-electron chi connectivity index (χ2n) is 6.59. The summed E-state index contributed by atoms with van der Waals surface area (Å²) in [5.74, 6) is 3.36. The highest BCUT2D eigenvalue weighted by Crippen LogP contribution is 2.22. The number of rotatable bonds is 6. The Labute approximate surface area is 167 Å². The molecule has 0 bridgehead atoms. The van der Waals surface area contributed by atoms with Gasteiger partial charge in [0.15, 0.2) is 0 Å². The Bertz CT molecular complexity index is 956.